The van der Waals surface area contributed by atoms with Gasteiger partial charge in [0.05, 0.1) is 23.8 Å². The maximum absolute atomic E-state index is 10.9. The third-order valence-corrected chi connectivity index (χ3v) is 2.95. The molecule has 0 radical (unpaired) electrons. The van der Waals surface area contributed by atoms with E-state index in [4.69, 9.17) is 19.3 Å². The van der Waals surface area contributed by atoms with Gasteiger partial charge in [-0.05, 0) is 35.0 Å². The molecule has 0 unspecified atom stereocenters. The van der Waals surface area contributed by atoms with Crippen LogP contribution in [-0.4, -0.2) is 38.0 Å². The molecule has 1 rings (SSSR count). The number of benzene rings is 1. The average Bonchev–Trinajstić information content (AvgIpc) is 2.39. The third-order valence-electron chi connectivity index (χ3n) is 2.36. The van der Waals surface area contributed by atoms with Crippen molar-refractivity contribution in [2.45, 2.75) is 13.3 Å². The quantitative estimate of drug-likeness (QED) is 0.741. The molecule has 0 fully saturated rings. The zero-order chi connectivity index (χ0) is 14.3. The van der Waals surface area contributed by atoms with Crippen molar-refractivity contribution >= 4 is 21.9 Å². The molecule has 0 aromatic heterocycles. The van der Waals surface area contributed by atoms with Crippen molar-refractivity contribution in [3.05, 3.63) is 22.2 Å². The summed E-state index contributed by atoms with van der Waals surface area (Å²) in [6, 6.07) is 2.92. The van der Waals surface area contributed by atoms with Gasteiger partial charge in [0, 0.05) is 19.6 Å². The van der Waals surface area contributed by atoms with Gasteiger partial charge >= 0.3 is 5.97 Å². The summed E-state index contributed by atoms with van der Waals surface area (Å²) in [6.07, 6.45) is 0.754. The SMILES string of the molecule is CCOCCCOc1c(Br)cc(C(=O)O)cc1OC. The van der Waals surface area contributed by atoms with E-state index in [0.29, 0.717) is 35.8 Å². The maximum atomic E-state index is 10.9. The van der Waals surface area contributed by atoms with Gasteiger partial charge in [0.1, 0.15) is 0 Å². The smallest absolute Gasteiger partial charge is 0.335 e. The van der Waals surface area contributed by atoms with Gasteiger partial charge in [0.15, 0.2) is 11.5 Å². The lowest BCUT2D eigenvalue weighted by Crippen LogP contribution is -2.05. The third kappa shape index (κ3) is 4.72. The number of halogens is 1. The standard InChI is InChI=1S/C13H17BrO5/c1-3-18-5-4-6-19-12-10(14)7-9(13(15)16)8-11(12)17-2/h7-8H,3-6H2,1-2H3,(H,15,16). The monoisotopic (exact) mass is 332 g/mol. The minimum Gasteiger partial charge on any atom is -0.493 e. The topological polar surface area (TPSA) is 65.0 Å². The molecule has 0 amide bonds. The van der Waals surface area contributed by atoms with Crippen LogP contribution in [0.15, 0.2) is 16.6 Å². The molecule has 0 atom stereocenters. The first kappa shape index (κ1) is 15.8. The van der Waals surface area contributed by atoms with E-state index in [9.17, 15) is 4.79 Å². The summed E-state index contributed by atoms with van der Waals surface area (Å²) in [5.41, 5.74) is 0.144. The summed E-state index contributed by atoms with van der Waals surface area (Å²) in [7, 11) is 1.47. The molecule has 1 aromatic carbocycles. The Morgan fingerprint density at radius 2 is 2.11 bits per heavy atom. The summed E-state index contributed by atoms with van der Waals surface area (Å²) >= 11 is 3.29. The highest BCUT2D eigenvalue weighted by molar-refractivity contribution is 9.10. The Morgan fingerprint density at radius 3 is 2.68 bits per heavy atom. The molecule has 0 aliphatic heterocycles. The van der Waals surface area contributed by atoms with E-state index in [1.807, 2.05) is 6.92 Å². The highest BCUT2D eigenvalue weighted by Crippen LogP contribution is 2.36. The highest BCUT2D eigenvalue weighted by atomic mass is 79.9. The molecule has 0 bridgehead atoms. The zero-order valence-electron chi connectivity index (χ0n) is 10.9. The second-order valence-electron chi connectivity index (χ2n) is 3.69. The van der Waals surface area contributed by atoms with Crippen LogP contribution in [0.5, 0.6) is 11.5 Å². The minimum atomic E-state index is -1.01. The fraction of sp³-hybridized carbons (Fsp3) is 0.462. The number of ether oxygens (including phenoxy) is 3. The molecule has 5 nitrogen and oxygen atoms in total. The number of carbonyl (C=O) groups is 1. The number of methoxy groups -OCH3 is 1. The first-order valence-electron chi connectivity index (χ1n) is 5.91. The second kappa shape index (κ2) is 8.01. The van der Waals surface area contributed by atoms with E-state index >= 15 is 0 Å². The zero-order valence-corrected chi connectivity index (χ0v) is 12.5. The highest BCUT2D eigenvalue weighted by Gasteiger charge is 2.14. The van der Waals surface area contributed by atoms with Crippen LogP contribution in [0.4, 0.5) is 0 Å². The summed E-state index contributed by atoms with van der Waals surface area (Å²) in [5, 5.41) is 8.96. The van der Waals surface area contributed by atoms with Crippen molar-refractivity contribution in [2.24, 2.45) is 0 Å². The Bertz CT molecular complexity index is 433. The normalized spacial score (nSPS) is 10.3. The number of aromatic carboxylic acids is 1. The van der Waals surface area contributed by atoms with Crippen LogP contribution in [0.25, 0.3) is 0 Å². The van der Waals surface area contributed by atoms with Crippen molar-refractivity contribution < 1.29 is 24.1 Å². The van der Waals surface area contributed by atoms with Crippen LogP contribution in [0.1, 0.15) is 23.7 Å². The van der Waals surface area contributed by atoms with Gasteiger partial charge in [0.25, 0.3) is 0 Å². The van der Waals surface area contributed by atoms with Gasteiger partial charge in [-0.1, -0.05) is 0 Å². The van der Waals surface area contributed by atoms with Crippen molar-refractivity contribution in [3.63, 3.8) is 0 Å². The predicted molar refractivity (Wildman–Crippen MR) is 74.3 cm³/mol. The van der Waals surface area contributed by atoms with Gasteiger partial charge < -0.3 is 19.3 Å². The molecule has 0 spiro atoms. The Labute approximate surface area is 120 Å². The Kier molecular flexibility index (Phi) is 6.66. The van der Waals surface area contributed by atoms with Crippen molar-refractivity contribution in [1.29, 1.82) is 0 Å². The first-order valence-corrected chi connectivity index (χ1v) is 6.70. The van der Waals surface area contributed by atoms with E-state index in [1.165, 1.54) is 19.2 Å². The van der Waals surface area contributed by atoms with Crippen molar-refractivity contribution in [1.82, 2.24) is 0 Å². The molecule has 6 heteroatoms. The van der Waals surface area contributed by atoms with Crippen LogP contribution in [0.3, 0.4) is 0 Å². The number of carboxylic acids is 1. The van der Waals surface area contributed by atoms with E-state index in [1.54, 1.807) is 0 Å². The number of carboxylic acid groups (broad SMARTS) is 1. The Morgan fingerprint density at radius 1 is 1.37 bits per heavy atom. The first-order chi connectivity index (χ1) is 9.10. The summed E-state index contributed by atoms with van der Waals surface area (Å²) < 4.78 is 16.5. The van der Waals surface area contributed by atoms with Gasteiger partial charge in [-0.3, -0.25) is 0 Å². The van der Waals surface area contributed by atoms with E-state index in [-0.39, 0.29) is 5.56 Å². The van der Waals surface area contributed by atoms with Gasteiger partial charge in [-0.25, -0.2) is 4.79 Å². The van der Waals surface area contributed by atoms with Crippen LogP contribution in [0, 0.1) is 0 Å². The number of rotatable bonds is 8. The Hall–Kier alpha value is -1.27. The molecular weight excluding hydrogens is 316 g/mol. The fourth-order valence-corrected chi connectivity index (χ4v) is 2.02. The molecule has 1 N–H and O–H groups in total. The summed E-state index contributed by atoms with van der Waals surface area (Å²) in [6.45, 7) is 3.72. The van der Waals surface area contributed by atoms with Gasteiger partial charge in [-0.2, -0.15) is 0 Å². The lowest BCUT2D eigenvalue weighted by Gasteiger charge is -2.13. The Balaban J connectivity index is 2.74. The van der Waals surface area contributed by atoms with Crippen LogP contribution in [-0.2, 0) is 4.74 Å². The molecule has 0 saturated heterocycles. The molecular formula is C13H17BrO5. The van der Waals surface area contributed by atoms with E-state index in [2.05, 4.69) is 15.9 Å². The molecule has 0 heterocycles. The largest absolute Gasteiger partial charge is 0.493 e. The van der Waals surface area contributed by atoms with Gasteiger partial charge in [0.2, 0.25) is 0 Å². The van der Waals surface area contributed by atoms with E-state index < -0.39 is 5.97 Å². The molecule has 0 aliphatic rings. The van der Waals surface area contributed by atoms with Crippen LogP contribution < -0.4 is 9.47 Å². The lowest BCUT2D eigenvalue weighted by atomic mass is 10.2. The maximum Gasteiger partial charge on any atom is 0.335 e. The summed E-state index contributed by atoms with van der Waals surface area (Å²) in [4.78, 5) is 10.9. The van der Waals surface area contributed by atoms with Crippen LogP contribution >= 0.6 is 15.9 Å². The molecule has 0 aliphatic carbocycles. The van der Waals surface area contributed by atoms with Crippen molar-refractivity contribution in [2.75, 3.05) is 26.9 Å². The van der Waals surface area contributed by atoms with Crippen molar-refractivity contribution in [3.8, 4) is 11.5 Å². The van der Waals surface area contributed by atoms with E-state index in [0.717, 1.165) is 6.42 Å². The predicted octanol–water partition coefficient (Wildman–Crippen LogP) is 2.96. The second-order valence-corrected chi connectivity index (χ2v) is 4.55. The number of hydrogen-bond donors (Lipinski definition) is 1. The summed E-state index contributed by atoms with van der Waals surface area (Å²) in [5.74, 6) is -0.117. The fourth-order valence-electron chi connectivity index (χ4n) is 1.46. The molecule has 0 saturated carbocycles. The van der Waals surface area contributed by atoms with Crippen LogP contribution in [0.2, 0.25) is 0 Å². The molecule has 106 valence electrons. The average molecular weight is 333 g/mol. The minimum absolute atomic E-state index is 0.144. The number of hydrogen-bond acceptors (Lipinski definition) is 4. The molecule has 19 heavy (non-hydrogen) atoms. The lowest BCUT2D eigenvalue weighted by molar-refractivity contribution is 0.0696. The van der Waals surface area contributed by atoms with Gasteiger partial charge in [-0.15, -0.1) is 0 Å². The molecule has 1 aromatic rings.